The molecule has 0 saturated heterocycles. The van der Waals surface area contributed by atoms with Crippen molar-refractivity contribution in [3.63, 3.8) is 0 Å². The second-order valence-electron chi connectivity index (χ2n) is 9.13. The van der Waals surface area contributed by atoms with Crippen molar-refractivity contribution in [3.8, 4) is 17.2 Å². The van der Waals surface area contributed by atoms with Crippen LogP contribution in [0.1, 0.15) is 29.8 Å². The van der Waals surface area contributed by atoms with E-state index < -0.39 is 0 Å². The van der Waals surface area contributed by atoms with Gasteiger partial charge in [-0.25, -0.2) is 4.98 Å². The third kappa shape index (κ3) is 6.47. The van der Waals surface area contributed by atoms with E-state index in [9.17, 15) is 4.79 Å². The van der Waals surface area contributed by atoms with E-state index in [1.165, 1.54) is 5.69 Å². The molecule has 1 aromatic heterocycles. The molecule has 202 valence electrons. The molecule has 4 aromatic carbocycles. The van der Waals surface area contributed by atoms with Gasteiger partial charge in [-0.3, -0.25) is 10.1 Å². The molecule has 0 bridgehead atoms. The Morgan fingerprint density at radius 3 is 2.35 bits per heavy atom. The number of thiocarbonyl (C=S) groups is 1. The molecule has 5 aromatic rings. The fourth-order valence-corrected chi connectivity index (χ4v) is 4.52. The average molecular weight is 551 g/mol. The number of hydrogen-bond donors (Lipinski definition) is 2. The van der Waals surface area contributed by atoms with Gasteiger partial charge < -0.3 is 19.4 Å². The van der Waals surface area contributed by atoms with E-state index in [0.29, 0.717) is 40.6 Å². The zero-order valence-corrected chi connectivity index (χ0v) is 23.2. The number of anilines is 2. The molecule has 0 aliphatic carbocycles. The SMILES string of the molecule is CCN(CC)c1ccc(-c2nc3cc(NC(=S)NC(=O)c4ccc(OCc5ccccc5)cc4)ccc3o2)cc1. The monoisotopic (exact) mass is 550 g/mol. The lowest BCUT2D eigenvalue weighted by atomic mass is 10.2. The van der Waals surface area contributed by atoms with Crippen molar-refractivity contribution in [2.75, 3.05) is 23.3 Å². The minimum atomic E-state index is -0.315. The van der Waals surface area contributed by atoms with Crippen LogP contribution in [0.15, 0.2) is 101 Å². The molecule has 0 saturated carbocycles. The van der Waals surface area contributed by atoms with Crippen molar-refractivity contribution in [1.82, 2.24) is 10.3 Å². The van der Waals surface area contributed by atoms with Crippen LogP contribution in [-0.4, -0.2) is 29.1 Å². The Morgan fingerprint density at radius 2 is 1.65 bits per heavy atom. The summed E-state index contributed by atoms with van der Waals surface area (Å²) in [7, 11) is 0. The van der Waals surface area contributed by atoms with E-state index >= 15 is 0 Å². The molecular formula is C32H30N4O3S. The van der Waals surface area contributed by atoms with Crippen LogP contribution in [0, 0.1) is 0 Å². The van der Waals surface area contributed by atoms with E-state index in [2.05, 4.69) is 46.5 Å². The third-order valence-electron chi connectivity index (χ3n) is 6.48. The van der Waals surface area contributed by atoms with Gasteiger partial charge in [-0.2, -0.15) is 0 Å². The predicted octanol–water partition coefficient (Wildman–Crippen LogP) is 7.05. The Kier molecular flexibility index (Phi) is 8.37. The topological polar surface area (TPSA) is 79.6 Å². The van der Waals surface area contributed by atoms with Gasteiger partial charge in [-0.15, -0.1) is 0 Å². The van der Waals surface area contributed by atoms with Crippen molar-refractivity contribution in [3.05, 3.63) is 108 Å². The van der Waals surface area contributed by atoms with Gasteiger partial charge in [0.1, 0.15) is 17.9 Å². The number of fused-ring (bicyclic) bond motifs is 1. The lowest BCUT2D eigenvalue weighted by molar-refractivity contribution is 0.0977. The van der Waals surface area contributed by atoms with E-state index in [1.807, 2.05) is 60.7 Å². The summed E-state index contributed by atoms with van der Waals surface area (Å²) < 4.78 is 11.8. The number of nitrogens with zero attached hydrogens (tertiary/aromatic N) is 2. The first-order valence-corrected chi connectivity index (χ1v) is 13.6. The van der Waals surface area contributed by atoms with Crippen molar-refractivity contribution in [2.45, 2.75) is 20.5 Å². The second-order valence-corrected chi connectivity index (χ2v) is 9.54. The maximum atomic E-state index is 12.7. The molecule has 0 atom stereocenters. The molecule has 2 N–H and O–H groups in total. The zero-order valence-electron chi connectivity index (χ0n) is 22.4. The fourth-order valence-electron chi connectivity index (χ4n) is 4.31. The Hall–Kier alpha value is -4.69. The van der Waals surface area contributed by atoms with E-state index in [1.54, 1.807) is 24.3 Å². The van der Waals surface area contributed by atoms with Crippen molar-refractivity contribution < 1.29 is 13.9 Å². The molecular weight excluding hydrogens is 520 g/mol. The number of oxazole rings is 1. The van der Waals surface area contributed by atoms with Gasteiger partial charge in [0.2, 0.25) is 5.89 Å². The maximum absolute atomic E-state index is 12.7. The van der Waals surface area contributed by atoms with Crippen LogP contribution in [-0.2, 0) is 6.61 Å². The van der Waals surface area contributed by atoms with Gasteiger partial charge in [0, 0.05) is 35.6 Å². The molecule has 40 heavy (non-hydrogen) atoms. The summed E-state index contributed by atoms with van der Waals surface area (Å²) in [6, 6.07) is 30.5. The molecule has 0 fully saturated rings. The number of ether oxygens (including phenoxy) is 1. The Labute approximate surface area is 238 Å². The fraction of sp³-hybridized carbons (Fsp3) is 0.156. The highest BCUT2D eigenvalue weighted by Gasteiger charge is 2.12. The van der Waals surface area contributed by atoms with Crippen LogP contribution < -0.4 is 20.3 Å². The van der Waals surface area contributed by atoms with Crippen LogP contribution in [0.3, 0.4) is 0 Å². The zero-order chi connectivity index (χ0) is 27.9. The summed E-state index contributed by atoms with van der Waals surface area (Å²) in [6.45, 7) is 6.64. The number of aromatic nitrogens is 1. The standard InChI is InChI=1S/C32H30N4O3S/c1-3-36(4-2)26-15-10-24(11-16-26)31-34-28-20-25(14-19-29(28)39-31)33-32(40)35-30(37)23-12-17-27(18-13-23)38-21-22-8-6-5-7-9-22/h5-20H,3-4,21H2,1-2H3,(H2,33,35,37,40). The van der Waals surface area contributed by atoms with Crippen LogP contribution in [0.25, 0.3) is 22.6 Å². The molecule has 0 radical (unpaired) electrons. The molecule has 1 heterocycles. The lowest BCUT2D eigenvalue weighted by Crippen LogP contribution is -2.34. The van der Waals surface area contributed by atoms with Gasteiger partial charge in [0.25, 0.3) is 5.91 Å². The van der Waals surface area contributed by atoms with Gasteiger partial charge >= 0.3 is 0 Å². The van der Waals surface area contributed by atoms with Crippen molar-refractivity contribution in [1.29, 1.82) is 0 Å². The van der Waals surface area contributed by atoms with Crippen LogP contribution >= 0.6 is 12.2 Å². The third-order valence-corrected chi connectivity index (χ3v) is 6.68. The van der Waals surface area contributed by atoms with E-state index in [0.717, 1.165) is 24.2 Å². The minimum Gasteiger partial charge on any atom is -0.489 e. The Balaban J connectivity index is 1.18. The second kappa shape index (κ2) is 12.4. The number of rotatable bonds is 9. The summed E-state index contributed by atoms with van der Waals surface area (Å²) in [5.74, 6) is 0.914. The first kappa shape index (κ1) is 26.9. The summed E-state index contributed by atoms with van der Waals surface area (Å²) in [6.07, 6.45) is 0. The summed E-state index contributed by atoms with van der Waals surface area (Å²) in [5, 5.41) is 5.96. The van der Waals surface area contributed by atoms with Gasteiger partial charge in [-0.05, 0) is 98.4 Å². The van der Waals surface area contributed by atoms with Gasteiger partial charge in [-0.1, -0.05) is 30.3 Å². The number of carbonyl (C=O) groups excluding carboxylic acids is 1. The number of carbonyl (C=O) groups is 1. The van der Waals surface area contributed by atoms with Crippen LogP contribution in [0.4, 0.5) is 11.4 Å². The summed E-state index contributed by atoms with van der Waals surface area (Å²) >= 11 is 5.38. The highest BCUT2D eigenvalue weighted by atomic mass is 32.1. The van der Waals surface area contributed by atoms with Gasteiger partial charge in [0.15, 0.2) is 10.7 Å². The quantitative estimate of drug-likeness (QED) is 0.190. The van der Waals surface area contributed by atoms with Crippen LogP contribution in [0.5, 0.6) is 5.75 Å². The predicted molar refractivity (Wildman–Crippen MR) is 164 cm³/mol. The Morgan fingerprint density at radius 1 is 0.925 bits per heavy atom. The molecule has 0 unspecified atom stereocenters. The molecule has 0 aliphatic heterocycles. The summed E-state index contributed by atoms with van der Waals surface area (Å²) in [4.78, 5) is 19.6. The number of nitrogens with one attached hydrogen (secondary N) is 2. The first-order chi connectivity index (χ1) is 19.5. The first-order valence-electron chi connectivity index (χ1n) is 13.2. The molecule has 7 nitrogen and oxygen atoms in total. The van der Waals surface area contributed by atoms with Crippen molar-refractivity contribution in [2.24, 2.45) is 0 Å². The Bertz CT molecular complexity index is 1600. The van der Waals surface area contributed by atoms with E-state index in [-0.39, 0.29) is 11.0 Å². The minimum absolute atomic E-state index is 0.185. The van der Waals surface area contributed by atoms with E-state index in [4.69, 9.17) is 21.4 Å². The number of hydrogen-bond acceptors (Lipinski definition) is 6. The highest BCUT2D eigenvalue weighted by Crippen LogP contribution is 2.28. The molecule has 1 amide bonds. The number of benzene rings is 4. The highest BCUT2D eigenvalue weighted by molar-refractivity contribution is 7.80. The molecule has 0 aliphatic rings. The largest absolute Gasteiger partial charge is 0.489 e. The molecule has 0 spiro atoms. The van der Waals surface area contributed by atoms with Crippen molar-refractivity contribution >= 4 is 45.7 Å². The maximum Gasteiger partial charge on any atom is 0.257 e. The normalized spacial score (nSPS) is 10.8. The van der Waals surface area contributed by atoms with Gasteiger partial charge in [0.05, 0.1) is 0 Å². The number of amides is 1. The van der Waals surface area contributed by atoms with Crippen LogP contribution in [0.2, 0.25) is 0 Å². The summed E-state index contributed by atoms with van der Waals surface area (Å²) in [5.41, 5.74) is 5.66. The average Bonchev–Trinajstić information content (AvgIpc) is 3.41. The lowest BCUT2D eigenvalue weighted by Gasteiger charge is -2.20. The molecule has 8 heteroatoms. The molecule has 5 rings (SSSR count). The smallest absolute Gasteiger partial charge is 0.257 e.